The molecule has 0 fully saturated rings. The first-order valence-corrected chi connectivity index (χ1v) is 7.75. The van der Waals surface area contributed by atoms with Crippen molar-refractivity contribution in [2.45, 2.75) is 18.9 Å². The molecular formula is C19H18O4. The van der Waals surface area contributed by atoms with Crippen molar-refractivity contribution in [1.29, 1.82) is 0 Å². The third-order valence-corrected chi connectivity index (χ3v) is 4.83. The normalized spacial score (nSPS) is 21.6. The van der Waals surface area contributed by atoms with Crippen LogP contribution >= 0.6 is 0 Å². The zero-order chi connectivity index (χ0) is 16.0. The molecule has 0 amide bonds. The summed E-state index contributed by atoms with van der Waals surface area (Å²) in [5.41, 5.74) is 2.82. The van der Waals surface area contributed by atoms with E-state index in [4.69, 9.17) is 14.2 Å². The number of para-hydroxylation sites is 1. The van der Waals surface area contributed by atoms with Crippen molar-refractivity contribution in [2.24, 2.45) is 5.92 Å². The number of carbonyl (C=O) groups is 1. The standard InChI is InChI=1S/C19H18O4/c1-21-15-7-8-16(22-2)13-10-18-14(9-12(13)15)19(20)11-5-3-4-6-17(11)23-18/h3-8,14,18H,9-10H2,1-2H3/t14-,18+/m0/s1. The highest BCUT2D eigenvalue weighted by Gasteiger charge is 2.42. The fourth-order valence-electron chi connectivity index (χ4n) is 3.70. The van der Waals surface area contributed by atoms with Crippen LogP contribution in [0.3, 0.4) is 0 Å². The molecule has 2 aliphatic rings. The third kappa shape index (κ3) is 2.09. The summed E-state index contributed by atoms with van der Waals surface area (Å²) in [6.07, 6.45) is 1.12. The third-order valence-electron chi connectivity index (χ3n) is 4.83. The monoisotopic (exact) mass is 310 g/mol. The molecule has 2 aromatic carbocycles. The van der Waals surface area contributed by atoms with Crippen LogP contribution in [0.1, 0.15) is 21.5 Å². The Bertz CT molecular complexity index is 781. The second-order valence-corrected chi connectivity index (χ2v) is 5.96. The maximum Gasteiger partial charge on any atom is 0.173 e. The molecule has 0 radical (unpaired) electrons. The smallest absolute Gasteiger partial charge is 0.173 e. The number of ketones is 1. The van der Waals surface area contributed by atoms with E-state index in [-0.39, 0.29) is 17.8 Å². The summed E-state index contributed by atoms with van der Waals surface area (Å²) in [4.78, 5) is 12.9. The molecule has 1 aliphatic carbocycles. The van der Waals surface area contributed by atoms with Crippen LogP contribution in [0.4, 0.5) is 0 Å². The molecule has 0 N–H and O–H groups in total. The zero-order valence-corrected chi connectivity index (χ0v) is 13.2. The number of fused-ring (bicyclic) bond motifs is 3. The quantitative estimate of drug-likeness (QED) is 0.855. The van der Waals surface area contributed by atoms with Gasteiger partial charge in [0.2, 0.25) is 0 Å². The molecule has 2 aromatic rings. The summed E-state index contributed by atoms with van der Waals surface area (Å²) in [5.74, 6) is 2.31. The van der Waals surface area contributed by atoms with E-state index in [1.165, 1.54) is 0 Å². The fraction of sp³-hybridized carbons (Fsp3) is 0.316. The number of rotatable bonds is 2. The van der Waals surface area contributed by atoms with Crippen LogP contribution in [-0.2, 0) is 12.8 Å². The summed E-state index contributed by atoms with van der Waals surface area (Å²) >= 11 is 0. The van der Waals surface area contributed by atoms with Gasteiger partial charge in [0, 0.05) is 17.5 Å². The van der Waals surface area contributed by atoms with Crippen LogP contribution in [0.25, 0.3) is 0 Å². The van der Waals surface area contributed by atoms with E-state index in [1.807, 2.05) is 36.4 Å². The van der Waals surface area contributed by atoms with Gasteiger partial charge in [-0.1, -0.05) is 12.1 Å². The Balaban J connectivity index is 1.79. The number of hydrogen-bond acceptors (Lipinski definition) is 4. The Morgan fingerprint density at radius 2 is 1.61 bits per heavy atom. The summed E-state index contributed by atoms with van der Waals surface area (Å²) in [7, 11) is 3.32. The summed E-state index contributed by atoms with van der Waals surface area (Å²) < 4.78 is 17.1. The van der Waals surface area contributed by atoms with Gasteiger partial charge in [0.25, 0.3) is 0 Å². The van der Waals surface area contributed by atoms with Gasteiger partial charge < -0.3 is 14.2 Å². The minimum atomic E-state index is -0.168. The lowest BCUT2D eigenvalue weighted by Crippen LogP contribution is -2.43. The number of carbonyl (C=O) groups excluding carboxylic acids is 1. The van der Waals surface area contributed by atoms with Crippen LogP contribution in [-0.4, -0.2) is 26.1 Å². The SMILES string of the molecule is COc1ccc(OC)c2c1C[C@@H]1C(=O)c3ccccc3O[C@@H]1C2. The Morgan fingerprint density at radius 1 is 0.957 bits per heavy atom. The molecule has 4 nitrogen and oxygen atoms in total. The minimum Gasteiger partial charge on any atom is -0.496 e. The first-order chi connectivity index (χ1) is 11.2. The number of ether oxygens (including phenoxy) is 3. The maximum atomic E-state index is 12.9. The molecule has 23 heavy (non-hydrogen) atoms. The molecule has 4 rings (SSSR count). The first kappa shape index (κ1) is 14.1. The molecule has 1 heterocycles. The first-order valence-electron chi connectivity index (χ1n) is 7.75. The number of Topliss-reactive ketones (excluding diaryl/α,β-unsaturated/α-hetero) is 1. The average Bonchev–Trinajstić information content (AvgIpc) is 2.59. The van der Waals surface area contributed by atoms with E-state index in [0.29, 0.717) is 24.2 Å². The number of hydrogen-bond donors (Lipinski definition) is 0. The molecule has 4 heteroatoms. The highest BCUT2D eigenvalue weighted by Crippen LogP contribution is 2.43. The van der Waals surface area contributed by atoms with Crippen molar-refractivity contribution < 1.29 is 19.0 Å². The van der Waals surface area contributed by atoms with Gasteiger partial charge >= 0.3 is 0 Å². The maximum absolute atomic E-state index is 12.9. The van der Waals surface area contributed by atoms with Crippen LogP contribution in [0.5, 0.6) is 17.2 Å². The lowest BCUT2D eigenvalue weighted by atomic mass is 9.76. The van der Waals surface area contributed by atoms with E-state index >= 15 is 0 Å². The van der Waals surface area contributed by atoms with E-state index < -0.39 is 0 Å². The molecule has 0 unspecified atom stereocenters. The second-order valence-electron chi connectivity index (χ2n) is 5.96. The lowest BCUT2D eigenvalue weighted by molar-refractivity contribution is 0.0629. The van der Waals surface area contributed by atoms with Gasteiger partial charge in [-0.05, 0) is 30.7 Å². The van der Waals surface area contributed by atoms with Crippen LogP contribution in [0.15, 0.2) is 36.4 Å². The van der Waals surface area contributed by atoms with Gasteiger partial charge in [-0.3, -0.25) is 4.79 Å². The van der Waals surface area contributed by atoms with Crippen molar-refractivity contribution in [3.63, 3.8) is 0 Å². The van der Waals surface area contributed by atoms with Gasteiger partial charge in [0.05, 0.1) is 25.7 Å². The van der Waals surface area contributed by atoms with Gasteiger partial charge in [-0.15, -0.1) is 0 Å². The fourth-order valence-corrected chi connectivity index (χ4v) is 3.70. The minimum absolute atomic E-state index is 0.147. The summed E-state index contributed by atoms with van der Waals surface area (Å²) in [6.45, 7) is 0. The molecule has 2 atom stereocenters. The van der Waals surface area contributed by atoms with Crippen molar-refractivity contribution in [3.8, 4) is 17.2 Å². The number of benzene rings is 2. The summed E-state index contributed by atoms with van der Waals surface area (Å²) in [6, 6.07) is 11.3. The van der Waals surface area contributed by atoms with E-state index in [0.717, 1.165) is 22.6 Å². The second kappa shape index (κ2) is 5.30. The molecule has 0 spiro atoms. The van der Waals surface area contributed by atoms with E-state index in [2.05, 4.69) is 0 Å². The van der Waals surface area contributed by atoms with Crippen molar-refractivity contribution in [1.82, 2.24) is 0 Å². The highest BCUT2D eigenvalue weighted by atomic mass is 16.5. The van der Waals surface area contributed by atoms with Gasteiger partial charge in [-0.2, -0.15) is 0 Å². The molecular weight excluding hydrogens is 292 g/mol. The van der Waals surface area contributed by atoms with Gasteiger partial charge in [0.1, 0.15) is 23.4 Å². The summed E-state index contributed by atoms with van der Waals surface area (Å²) in [5, 5.41) is 0. The zero-order valence-electron chi connectivity index (χ0n) is 13.2. The van der Waals surface area contributed by atoms with Crippen LogP contribution < -0.4 is 14.2 Å². The Hall–Kier alpha value is -2.49. The van der Waals surface area contributed by atoms with Gasteiger partial charge in [0.15, 0.2) is 5.78 Å². The van der Waals surface area contributed by atoms with E-state index in [1.54, 1.807) is 14.2 Å². The van der Waals surface area contributed by atoms with Crippen molar-refractivity contribution >= 4 is 5.78 Å². The molecule has 0 saturated carbocycles. The van der Waals surface area contributed by atoms with Crippen LogP contribution in [0.2, 0.25) is 0 Å². The van der Waals surface area contributed by atoms with Crippen molar-refractivity contribution in [2.75, 3.05) is 14.2 Å². The van der Waals surface area contributed by atoms with Crippen molar-refractivity contribution in [3.05, 3.63) is 53.1 Å². The van der Waals surface area contributed by atoms with Crippen LogP contribution in [0, 0.1) is 5.92 Å². The Labute approximate surface area is 135 Å². The van der Waals surface area contributed by atoms with E-state index in [9.17, 15) is 4.79 Å². The lowest BCUT2D eigenvalue weighted by Gasteiger charge is -2.37. The highest BCUT2D eigenvalue weighted by molar-refractivity contribution is 6.02. The molecule has 0 saturated heterocycles. The molecule has 1 aliphatic heterocycles. The van der Waals surface area contributed by atoms with Gasteiger partial charge in [-0.25, -0.2) is 0 Å². The Morgan fingerprint density at radius 3 is 2.30 bits per heavy atom. The number of methoxy groups -OCH3 is 2. The molecule has 0 bridgehead atoms. The molecule has 118 valence electrons. The largest absolute Gasteiger partial charge is 0.496 e. The topological polar surface area (TPSA) is 44.8 Å². The average molecular weight is 310 g/mol. The predicted molar refractivity (Wildman–Crippen MR) is 85.6 cm³/mol. The molecule has 0 aromatic heterocycles. The Kier molecular flexibility index (Phi) is 3.26. The predicted octanol–water partition coefficient (Wildman–Crippen LogP) is 3.06.